The lowest BCUT2D eigenvalue weighted by Gasteiger charge is -2.44. The number of aliphatic hydroxyl groups excluding tert-OH is 1. The van der Waals surface area contributed by atoms with Crippen molar-refractivity contribution >= 4 is 11.9 Å². The molecule has 7 atom stereocenters. The SMILES string of the molecule is CCC(C)(C)C(=O)O[C@H]1C[C@@H](C)C=C2C=C[C@H](C)C(CCC3C[C@@H](O)CC(=O)O3)C21. The molecule has 0 radical (unpaired) electrons. The van der Waals surface area contributed by atoms with Gasteiger partial charge >= 0.3 is 11.9 Å². The maximum Gasteiger partial charge on any atom is 0.311 e. The van der Waals surface area contributed by atoms with Gasteiger partial charge in [-0.1, -0.05) is 39.0 Å². The minimum absolute atomic E-state index is 0.0949. The number of hydrogen-bond acceptors (Lipinski definition) is 5. The highest BCUT2D eigenvalue weighted by molar-refractivity contribution is 5.76. The molecule has 3 aliphatic rings. The number of carbonyl (C=O) groups excluding carboxylic acids is 2. The van der Waals surface area contributed by atoms with Gasteiger partial charge in [-0.15, -0.1) is 0 Å². The van der Waals surface area contributed by atoms with Gasteiger partial charge in [0.25, 0.3) is 0 Å². The van der Waals surface area contributed by atoms with Gasteiger partial charge in [0.05, 0.1) is 17.9 Å². The third-order valence-corrected chi connectivity index (χ3v) is 7.35. The zero-order valence-corrected chi connectivity index (χ0v) is 19.1. The van der Waals surface area contributed by atoms with Gasteiger partial charge in [0.2, 0.25) is 0 Å². The van der Waals surface area contributed by atoms with E-state index < -0.39 is 11.5 Å². The first-order valence-corrected chi connectivity index (χ1v) is 11.6. The molecular weight excluding hydrogens is 380 g/mol. The van der Waals surface area contributed by atoms with Crippen molar-refractivity contribution in [3.8, 4) is 0 Å². The van der Waals surface area contributed by atoms with E-state index in [0.717, 1.165) is 25.7 Å². The molecule has 1 saturated heterocycles. The molecule has 0 aromatic rings. The Kier molecular flexibility index (Phi) is 7.11. The van der Waals surface area contributed by atoms with Crippen molar-refractivity contribution in [1.82, 2.24) is 0 Å². The van der Waals surface area contributed by atoms with Crippen LogP contribution in [0.3, 0.4) is 0 Å². The molecular formula is C25H38O5. The van der Waals surface area contributed by atoms with E-state index in [2.05, 4.69) is 32.1 Å². The van der Waals surface area contributed by atoms with Crippen LogP contribution in [-0.4, -0.2) is 35.4 Å². The summed E-state index contributed by atoms with van der Waals surface area (Å²) >= 11 is 0. The van der Waals surface area contributed by atoms with Crippen molar-refractivity contribution < 1.29 is 24.2 Å². The predicted octanol–water partition coefficient (Wildman–Crippen LogP) is 4.59. The van der Waals surface area contributed by atoms with Crippen molar-refractivity contribution in [2.45, 2.75) is 91.5 Å². The van der Waals surface area contributed by atoms with Gasteiger partial charge in [-0.05, 0) is 62.9 Å². The zero-order chi connectivity index (χ0) is 22.1. The number of fused-ring (bicyclic) bond motifs is 1. The Morgan fingerprint density at radius 3 is 2.67 bits per heavy atom. The number of allylic oxidation sites excluding steroid dienone is 3. The first kappa shape index (κ1) is 23.1. The van der Waals surface area contributed by atoms with Crippen molar-refractivity contribution in [2.75, 3.05) is 0 Å². The topological polar surface area (TPSA) is 72.8 Å². The van der Waals surface area contributed by atoms with E-state index in [0.29, 0.717) is 24.2 Å². The first-order chi connectivity index (χ1) is 14.1. The largest absolute Gasteiger partial charge is 0.462 e. The molecule has 1 N–H and O–H groups in total. The third-order valence-electron chi connectivity index (χ3n) is 7.35. The van der Waals surface area contributed by atoms with Crippen molar-refractivity contribution in [3.63, 3.8) is 0 Å². The zero-order valence-electron chi connectivity index (χ0n) is 19.1. The summed E-state index contributed by atoms with van der Waals surface area (Å²) < 4.78 is 11.6. The van der Waals surface area contributed by atoms with Crippen LogP contribution in [0.2, 0.25) is 0 Å². The van der Waals surface area contributed by atoms with Crippen LogP contribution in [0.1, 0.15) is 73.1 Å². The predicted molar refractivity (Wildman–Crippen MR) is 115 cm³/mol. The summed E-state index contributed by atoms with van der Waals surface area (Å²) in [6.07, 6.45) is 9.61. The van der Waals surface area contributed by atoms with Gasteiger partial charge in [0.15, 0.2) is 0 Å². The Balaban J connectivity index is 1.76. The molecule has 0 saturated carbocycles. The fraction of sp³-hybridized carbons (Fsp3) is 0.760. The molecule has 5 heteroatoms. The van der Waals surface area contributed by atoms with Crippen LogP contribution in [0.4, 0.5) is 0 Å². The molecule has 1 aliphatic heterocycles. The lowest BCUT2D eigenvalue weighted by molar-refractivity contribution is -0.166. The Bertz CT molecular complexity index is 706. The molecule has 30 heavy (non-hydrogen) atoms. The number of cyclic esters (lactones) is 1. The van der Waals surface area contributed by atoms with E-state index in [1.54, 1.807) is 0 Å². The van der Waals surface area contributed by atoms with Gasteiger partial charge in [0, 0.05) is 12.3 Å². The molecule has 1 heterocycles. The van der Waals surface area contributed by atoms with Crippen LogP contribution in [0.15, 0.2) is 23.8 Å². The molecule has 0 spiro atoms. The highest BCUT2D eigenvalue weighted by Gasteiger charge is 2.43. The van der Waals surface area contributed by atoms with E-state index in [1.165, 1.54) is 5.57 Å². The maximum atomic E-state index is 12.9. The summed E-state index contributed by atoms with van der Waals surface area (Å²) in [6, 6.07) is 0. The summed E-state index contributed by atoms with van der Waals surface area (Å²) in [5, 5.41) is 9.92. The van der Waals surface area contributed by atoms with E-state index in [1.807, 2.05) is 20.8 Å². The average molecular weight is 419 g/mol. The Morgan fingerprint density at radius 2 is 2.00 bits per heavy atom. The number of aliphatic hydroxyl groups is 1. The molecule has 0 aromatic heterocycles. The molecule has 168 valence electrons. The normalized spacial score (nSPS) is 36.5. The number of carbonyl (C=O) groups is 2. The Hall–Kier alpha value is -1.62. The Morgan fingerprint density at radius 1 is 1.27 bits per heavy atom. The molecule has 0 amide bonds. The van der Waals surface area contributed by atoms with Crippen LogP contribution in [-0.2, 0) is 19.1 Å². The number of esters is 2. The van der Waals surface area contributed by atoms with Crippen LogP contribution < -0.4 is 0 Å². The van der Waals surface area contributed by atoms with E-state index in [9.17, 15) is 14.7 Å². The fourth-order valence-corrected chi connectivity index (χ4v) is 5.08. The van der Waals surface area contributed by atoms with Gasteiger partial charge < -0.3 is 14.6 Å². The first-order valence-electron chi connectivity index (χ1n) is 11.6. The molecule has 2 aliphatic carbocycles. The van der Waals surface area contributed by atoms with Crippen molar-refractivity contribution in [2.24, 2.45) is 29.1 Å². The standard InChI is InChI=1S/C25H38O5/c1-6-25(4,5)24(28)30-21-12-15(2)11-17-8-7-16(3)20(23(17)21)10-9-19-13-18(26)14-22(27)29-19/h7-8,11,15-16,18-21,23,26H,6,9-10,12-14H2,1-5H3/t15-,16-,18+,19?,20?,21-,23?/m0/s1. The van der Waals surface area contributed by atoms with Crippen molar-refractivity contribution in [1.29, 1.82) is 0 Å². The highest BCUT2D eigenvalue weighted by atomic mass is 16.6. The molecule has 3 unspecified atom stereocenters. The summed E-state index contributed by atoms with van der Waals surface area (Å²) in [6.45, 7) is 10.3. The van der Waals surface area contributed by atoms with Crippen LogP contribution >= 0.6 is 0 Å². The minimum Gasteiger partial charge on any atom is -0.462 e. The molecule has 0 bridgehead atoms. The summed E-state index contributed by atoms with van der Waals surface area (Å²) in [4.78, 5) is 24.6. The Labute approximate surface area is 180 Å². The maximum absolute atomic E-state index is 12.9. The summed E-state index contributed by atoms with van der Waals surface area (Å²) in [7, 11) is 0. The van der Waals surface area contributed by atoms with Gasteiger partial charge in [-0.25, -0.2) is 0 Å². The van der Waals surface area contributed by atoms with Crippen LogP contribution in [0, 0.1) is 29.1 Å². The average Bonchev–Trinajstić information content (AvgIpc) is 2.66. The number of rotatable bonds is 6. The molecule has 1 fully saturated rings. The van der Waals surface area contributed by atoms with Crippen LogP contribution in [0.25, 0.3) is 0 Å². The summed E-state index contributed by atoms with van der Waals surface area (Å²) in [5.41, 5.74) is 0.785. The summed E-state index contributed by atoms with van der Waals surface area (Å²) in [5.74, 6) is 0.776. The number of ether oxygens (including phenoxy) is 2. The fourth-order valence-electron chi connectivity index (χ4n) is 5.08. The number of hydrogen-bond donors (Lipinski definition) is 1. The quantitative estimate of drug-likeness (QED) is 0.639. The van der Waals surface area contributed by atoms with E-state index in [4.69, 9.17) is 9.47 Å². The van der Waals surface area contributed by atoms with E-state index in [-0.39, 0.29) is 36.5 Å². The molecule has 5 nitrogen and oxygen atoms in total. The highest BCUT2D eigenvalue weighted by Crippen LogP contribution is 2.45. The second-order valence-electron chi connectivity index (χ2n) is 10.3. The lowest BCUT2D eigenvalue weighted by Crippen LogP contribution is -2.43. The molecule has 0 aromatic carbocycles. The second kappa shape index (κ2) is 9.25. The monoisotopic (exact) mass is 418 g/mol. The molecule has 3 rings (SSSR count). The lowest BCUT2D eigenvalue weighted by atomic mass is 9.65. The smallest absolute Gasteiger partial charge is 0.311 e. The third kappa shape index (κ3) is 5.16. The van der Waals surface area contributed by atoms with Crippen molar-refractivity contribution in [3.05, 3.63) is 23.8 Å². The minimum atomic E-state index is -0.601. The second-order valence-corrected chi connectivity index (χ2v) is 10.3. The van der Waals surface area contributed by atoms with Crippen LogP contribution in [0.5, 0.6) is 0 Å². The van der Waals surface area contributed by atoms with E-state index >= 15 is 0 Å². The van der Waals surface area contributed by atoms with Gasteiger partial charge in [0.1, 0.15) is 12.2 Å². The van der Waals surface area contributed by atoms with Gasteiger partial charge in [-0.3, -0.25) is 9.59 Å². The van der Waals surface area contributed by atoms with Gasteiger partial charge in [-0.2, -0.15) is 0 Å².